The summed E-state index contributed by atoms with van der Waals surface area (Å²) in [6, 6.07) is 34.0. The van der Waals surface area contributed by atoms with Gasteiger partial charge in [0.2, 0.25) is 0 Å². The summed E-state index contributed by atoms with van der Waals surface area (Å²) in [5.74, 6) is -0.200. The highest BCUT2D eigenvalue weighted by molar-refractivity contribution is 5.94. The van der Waals surface area contributed by atoms with E-state index in [2.05, 4.69) is 12.1 Å². The predicted molar refractivity (Wildman–Crippen MR) is 156 cm³/mol. The molecule has 7 nitrogen and oxygen atoms in total. The minimum atomic E-state index is -0.444. The van der Waals surface area contributed by atoms with Crippen molar-refractivity contribution in [3.63, 3.8) is 0 Å². The molecule has 0 N–H and O–H groups in total. The summed E-state index contributed by atoms with van der Waals surface area (Å²) in [6.07, 6.45) is 0.689. The highest BCUT2D eigenvalue weighted by atomic mass is 16.6. The third-order valence-electron chi connectivity index (χ3n) is 7.03. The first-order valence-corrected chi connectivity index (χ1v) is 13.2. The summed E-state index contributed by atoms with van der Waals surface area (Å²) in [4.78, 5) is 27.2. The Bertz CT molecular complexity index is 1650. The fraction of sp³-hybridized carbons (Fsp3) is 0.152. The van der Waals surface area contributed by atoms with Crippen LogP contribution in [-0.4, -0.2) is 32.1 Å². The minimum absolute atomic E-state index is 0.0654. The number of benzene rings is 4. The summed E-state index contributed by atoms with van der Waals surface area (Å²) >= 11 is 0. The molecule has 0 saturated carbocycles. The standard InChI is InChI=1S/C33H30N4O3/c1-24-16-17-28(20-25(24)2)31-22-32(36(34-31)29-14-9-15-30(21-29)37(39)40)33(38)35(23-27-12-7-4-8-13-27)19-18-26-10-5-3-6-11-26/h3-17,20-22H,18-19,23H2,1-2H3. The second-order valence-electron chi connectivity index (χ2n) is 9.85. The second-order valence-corrected chi connectivity index (χ2v) is 9.85. The van der Waals surface area contributed by atoms with Crippen LogP contribution in [0, 0.1) is 24.0 Å². The van der Waals surface area contributed by atoms with E-state index in [4.69, 9.17) is 5.10 Å². The summed E-state index contributed by atoms with van der Waals surface area (Å²) in [5.41, 5.74) is 6.66. The summed E-state index contributed by atoms with van der Waals surface area (Å²) < 4.78 is 1.53. The Balaban J connectivity index is 1.58. The van der Waals surface area contributed by atoms with Crippen molar-refractivity contribution in [1.29, 1.82) is 0 Å². The number of nitro groups is 1. The highest BCUT2D eigenvalue weighted by Crippen LogP contribution is 2.26. The zero-order chi connectivity index (χ0) is 28.1. The van der Waals surface area contributed by atoms with Crippen LogP contribution >= 0.6 is 0 Å². The molecule has 0 aliphatic rings. The number of nitrogens with zero attached hydrogens (tertiary/aromatic N) is 4. The van der Waals surface area contributed by atoms with Gasteiger partial charge in [-0.25, -0.2) is 4.68 Å². The Kier molecular flexibility index (Phi) is 7.82. The molecule has 4 aromatic carbocycles. The normalized spacial score (nSPS) is 10.8. The maximum Gasteiger partial charge on any atom is 0.272 e. The average Bonchev–Trinajstić information content (AvgIpc) is 3.43. The van der Waals surface area contributed by atoms with E-state index in [0.717, 1.165) is 27.8 Å². The van der Waals surface area contributed by atoms with Crippen LogP contribution in [0.3, 0.4) is 0 Å². The number of carbonyl (C=O) groups excluding carboxylic acids is 1. The molecule has 200 valence electrons. The molecule has 1 aromatic heterocycles. The SMILES string of the molecule is Cc1ccc(-c2cc(C(=O)N(CCc3ccccc3)Cc3ccccc3)n(-c3cccc([N+](=O)[O-])c3)n2)cc1C. The van der Waals surface area contributed by atoms with Crippen LogP contribution in [0.25, 0.3) is 16.9 Å². The van der Waals surface area contributed by atoms with Gasteiger partial charge >= 0.3 is 0 Å². The lowest BCUT2D eigenvalue weighted by Gasteiger charge is -2.23. The van der Waals surface area contributed by atoms with Crippen molar-refractivity contribution < 1.29 is 9.72 Å². The molecule has 0 bridgehead atoms. The number of aromatic nitrogens is 2. The van der Waals surface area contributed by atoms with Crippen LogP contribution in [0.2, 0.25) is 0 Å². The number of nitro benzene ring substituents is 1. The quantitative estimate of drug-likeness (QED) is 0.153. The number of rotatable bonds is 9. The van der Waals surface area contributed by atoms with Gasteiger partial charge in [-0.05, 0) is 60.7 Å². The van der Waals surface area contributed by atoms with E-state index in [1.54, 1.807) is 18.2 Å². The molecule has 0 unspecified atom stereocenters. The lowest BCUT2D eigenvalue weighted by atomic mass is 10.0. The molecular formula is C33H30N4O3. The van der Waals surface area contributed by atoms with Crippen molar-refractivity contribution in [2.75, 3.05) is 6.54 Å². The average molecular weight is 531 g/mol. The fourth-order valence-corrected chi connectivity index (χ4v) is 4.64. The number of hydrogen-bond acceptors (Lipinski definition) is 4. The van der Waals surface area contributed by atoms with Crippen LogP contribution in [0.5, 0.6) is 0 Å². The van der Waals surface area contributed by atoms with Crippen molar-refractivity contribution in [2.24, 2.45) is 0 Å². The zero-order valence-corrected chi connectivity index (χ0v) is 22.5. The summed E-state index contributed by atoms with van der Waals surface area (Å²) in [6.45, 7) is 5.00. The van der Waals surface area contributed by atoms with E-state index in [9.17, 15) is 14.9 Å². The molecule has 5 aromatic rings. The number of hydrogen-bond donors (Lipinski definition) is 0. The highest BCUT2D eigenvalue weighted by Gasteiger charge is 2.24. The molecule has 0 atom stereocenters. The van der Waals surface area contributed by atoms with E-state index in [1.807, 2.05) is 85.5 Å². The van der Waals surface area contributed by atoms with Crippen LogP contribution in [0.4, 0.5) is 5.69 Å². The van der Waals surface area contributed by atoms with Crippen molar-refractivity contribution in [2.45, 2.75) is 26.8 Å². The maximum absolute atomic E-state index is 14.3. The fourth-order valence-electron chi connectivity index (χ4n) is 4.64. The molecule has 1 heterocycles. The van der Waals surface area contributed by atoms with Gasteiger partial charge in [0, 0.05) is 30.8 Å². The Morgan fingerprint density at radius 2 is 1.52 bits per heavy atom. The molecule has 0 aliphatic heterocycles. The van der Waals surface area contributed by atoms with E-state index in [0.29, 0.717) is 36.6 Å². The smallest absolute Gasteiger partial charge is 0.272 e. The van der Waals surface area contributed by atoms with Gasteiger partial charge in [0.05, 0.1) is 16.3 Å². The first-order chi connectivity index (χ1) is 19.4. The van der Waals surface area contributed by atoms with Gasteiger partial charge in [0.1, 0.15) is 5.69 Å². The van der Waals surface area contributed by atoms with Crippen molar-refractivity contribution in [3.8, 4) is 16.9 Å². The van der Waals surface area contributed by atoms with Crippen LogP contribution in [0.1, 0.15) is 32.7 Å². The lowest BCUT2D eigenvalue weighted by Crippen LogP contribution is -2.34. The second kappa shape index (κ2) is 11.8. The molecule has 0 spiro atoms. The van der Waals surface area contributed by atoms with E-state index in [-0.39, 0.29) is 11.6 Å². The van der Waals surface area contributed by atoms with E-state index in [1.165, 1.54) is 16.8 Å². The summed E-state index contributed by atoms with van der Waals surface area (Å²) in [5, 5.41) is 16.3. The molecule has 0 aliphatic carbocycles. The minimum Gasteiger partial charge on any atom is -0.333 e. The summed E-state index contributed by atoms with van der Waals surface area (Å²) in [7, 11) is 0. The number of carbonyl (C=O) groups is 1. The number of aryl methyl sites for hydroxylation is 2. The monoisotopic (exact) mass is 530 g/mol. The van der Waals surface area contributed by atoms with Gasteiger partial charge in [0.15, 0.2) is 0 Å². The van der Waals surface area contributed by atoms with Crippen molar-refractivity contribution >= 4 is 11.6 Å². The van der Waals surface area contributed by atoms with Crippen molar-refractivity contribution in [1.82, 2.24) is 14.7 Å². The Morgan fingerprint density at radius 3 is 2.20 bits per heavy atom. The van der Waals surface area contributed by atoms with Gasteiger partial charge in [-0.3, -0.25) is 14.9 Å². The van der Waals surface area contributed by atoms with Gasteiger partial charge in [-0.2, -0.15) is 5.10 Å². The molecule has 7 heteroatoms. The van der Waals surface area contributed by atoms with Gasteiger partial charge in [0.25, 0.3) is 11.6 Å². The molecular weight excluding hydrogens is 500 g/mol. The third-order valence-corrected chi connectivity index (χ3v) is 7.03. The molecule has 40 heavy (non-hydrogen) atoms. The predicted octanol–water partition coefficient (Wildman–Crippen LogP) is 6.95. The first kappa shape index (κ1) is 26.6. The van der Waals surface area contributed by atoms with E-state index >= 15 is 0 Å². The van der Waals surface area contributed by atoms with E-state index < -0.39 is 4.92 Å². The topological polar surface area (TPSA) is 81.3 Å². The Morgan fingerprint density at radius 1 is 0.825 bits per heavy atom. The molecule has 0 radical (unpaired) electrons. The Labute approximate surface area is 233 Å². The van der Waals surface area contributed by atoms with Gasteiger partial charge < -0.3 is 4.90 Å². The van der Waals surface area contributed by atoms with Crippen LogP contribution < -0.4 is 0 Å². The lowest BCUT2D eigenvalue weighted by molar-refractivity contribution is -0.384. The van der Waals surface area contributed by atoms with Crippen molar-refractivity contribution in [3.05, 3.63) is 147 Å². The molecule has 5 rings (SSSR count). The van der Waals surface area contributed by atoms with Gasteiger partial charge in [-0.1, -0.05) is 78.9 Å². The van der Waals surface area contributed by atoms with Crippen LogP contribution in [-0.2, 0) is 13.0 Å². The molecule has 0 saturated heterocycles. The molecule has 0 fully saturated rings. The van der Waals surface area contributed by atoms with Gasteiger partial charge in [-0.15, -0.1) is 0 Å². The largest absolute Gasteiger partial charge is 0.333 e. The first-order valence-electron chi connectivity index (χ1n) is 13.2. The number of non-ortho nitro benzene ring substituents is 1. The van der Waals surface area contributed by atoms with Crippen LogP contribution in [0.15, 0.2) is 109 Å². The number of amides is 1. The third kappa shape index (κ3) is 5.99. The molecule has 1 amide bonds. The zero-order valence-electron chi connectivity index (χ0n) is 22.5. The Hall–Kier alpha value is -5.04. The maximum atomic E-state index is 14.3.